The summed E-state index contributed by atoms with van der Waals surface area (Å²) in [5.74, 6) is -0.666. The van der Waals surface area contributed by atoms with Gasteiger partial charge < -0.3 is 9.84 Å². The van der Waals surface area contributed by atoms with Crippen LogP contribution in [-0.2, 0) is 17.6 Å². The molecule has 0 aliphatic rings. The van der Waals surface area contributed by atoms with E-state index in [-0.39, 0.29) is 18.9 Å². The number of hydrogen-bond donors (Lipinski definition) is 1. The third-order valence-electron chi connectivity index (χ3n) is 5.58. The number of pyridine rings is 1. The van der Waals surface area contributed by atoms with Gasteiger partial charge in [-0.3, -0.25) is 9.78 Å². The van der Waals surface area contributed by atoms with Gasteiger partial charge in [-0.1, -0.05) is 48.5 Å². The first-order valence-corrected chi connectivity index (χ1v) is 10.9. The lowest BCUT2D eigenvalue weighted by Gasteiger charge is -2.15. The minimum atomic E-state index is -4.37. The predicted octanol–water partition coefficient (Wildman–Crippen LogP) is 6.95. The van der Waals surface area contributed by atoms with Gasteiger partial charge >= 0.3 is 12.1 Å². The summed E-state index contributed by atoms with van der Waals surface area (Å²) >= 11 is 0. The smallest absolute Gasteiger partial charge is 0.416 e. The minimum absolute atomic E-state index is 0.0754. The maximum atomic E-state index is 12.8. The number of alkyl halides is 3. The van der Waals surface area contributed by atoms with E-state index in [1.807, 2.05) is 48.5 Å². The van der Waals surface area contributed by atoms with Crippen LogP contribution in [-0.4, -0.2) is 16.1 Å². The molecule has 7 heteroatoms. The van der Waals surface area contributed by atoms with Gasteiger partial charge in [0.15, 0.2) is 0 Å². The van der Waals surface area contributed by atoms with Crippen LogP contribution in [0.4, 0.5) is 13.2 Å². The Morgan fingerprint density at radius 2 is 1.63 bits per heavy atom. The van der Waals surface area contributed by atoms with Gasteiger partial charge in [0.25, 0.3) is 0 Å². The summed E-state index contributed by atoms with van der Waals surface area (Å²) in [5, 5.41) is 9.32. The highest BCUT2D eigenvalue weighted by Crippen LogP contribution is 2.31. The molecule has 1 atom stereocenters. The zero-order valence-corrected chi connectivity index (χ0v) is 18.6. The standard InChI is InChI=1S/C28H22F3NO3/c29-28(30,31)23-11-7-20(8-12-23)22-5-3-4-19(16-22)18-35-24-13-9-21(10-14-24)25(17-27(33)34)26-6-1-2-15-32-26/h1-16,25H,17-18H2,(H,33,34). The van der Waals surface area contributed by atoms with E-state index in [9.17, 15) is 23.1 Å². The van der Waals surface area contributed by atoms with Crippen LogP contribution in [0.1, 0.15) is 34.7 Å². The van der Waals surface area contributed by atoms with Crippen molar-refractivity contribution in [2.45, 2.75) is 25.1 Å². The molecule has 0 radical (unpaired) electrons. The van der Waals surface area contributed by atoms with Gasteiger partial charge in [-0.2, -0.15) is 13.2 Å². The molecule has 1 N–H and O–H groups in total. The van der Waals surface area contributed by atoms with Crippen molar-refractivity contribution < 1.29 is 27.8 Å². The third-order valence-corrected chi connectivity index (χ3v) is 5.58. The Labute approximate surface area is 200 Å². The van der Waals surface area contributed by atoms with Gasteiger partial charge in [0.05, 0.1) is 12.0 Å². The number of nitrogens with zero attached hydrogens (tertiary/aromatic N) is 1. The number of carbonyl (C=O) groups is 1. The molecule has 0 bridgehead atoms. The number of aliphatic carboxylic acids is 1. The number of aromatic nitrogens is 1. The van der Waals surface area contributed by atoms with E-state index in [2.05, 4.69) is 4.98 Å². The fraction of sp³-hybridized carbons (Fsp3) is 0.143. The average molecular weight is 477 g/mol. The number of rotatable bonds is 8. The molecule has 0 spiro atoms. The molecule has 4 aromatic rings. The predicted molar refractivity (Wildman–Crippen MR) is 126 cm³/mol. The topological polar surface area (TPSA) is 59.4 Å². The zero-order chi connectivity index (χ0) is 24.8. The van der Waals surface area contributed by atoms with E-state index in [0.29, 0.717) is 17.0 Å². The number of carboxylic acids is 1. The lowest BCUT2D eigenvalue weighted by Crippen LogP contribution is -2.09. The van der Waals surface area contributed by atoms with Crippen LogP contribution < -0.4 is 4.74 Å². The fourth-order valence-corrected chi connectivity index (χ4v) is 3.81. The first-order valence-electron chi connectivity index (χ1n) is 10.9. The largest absolute Gasteiger partial charge is 0.489 e. The Balaban J connectivity index is 1.44. The van der Waals surface area contributed by atoms with E-state index in [0.717, 1.165) is 28.8 Å². The normalized spacial score (nSPS) is 12.2. The van der Waals surface area contributed by atoms with Crippen LogP contribution in [0.25, 0.3) is 11.1 Å². The maximum Gasteiger partial charge on any atom is 0.416 e. The second-order valence-electron chi connectivity index (χ2n) is 8.04. The van der Waals surface area contributed by atoms with Gasteiger partial charge in [0.1, 0.15) is 12.4 Å². The molecule has 178 valence electrons. The number of benzene rings is 3. The molecule has 0 aliphatic carbocycles. The number of carboxylic acid groups (broad SMARTS) is 1. The zero-order valence-electron chi connectivity index (χ0n) is 18.6. The van der Waals surface area contributed by atoms with E-state index in [1.54, 1.807) is 24.4 Å². The van der Waals surface area contributed by atoms with Gasteiger partial charge in [-0.05, 0) is 64.7 Å². The molecule has 4 nitrogen and oxygen atoms in total. The van der Waals surface area contributed by atoms with Crippen molar-refractivity contribution in [1.29, 1.82) is 0 Å². The van der Waals surface area contributed by atoms with Crippen molar-refractivity contribution in [3.8, 4) is 16.9 Å². The molecule has 0 saturated heterocycles. The number of ether oxygens (including phenoxy) is 1. The fourth-order valence-electron chi connectivity index (χ4n) is 3.81. The number of halogens is 3. The molecule has 0 aliphatic heterocycles. The summed E-state index contributed by atoms with van der Waals surface area (Å²) in [5.41, 5.74) is 3.16. The second-order valence-corrected chi connectivity index (χ2v) is 8.04. The van der Waals surface area contributed by atoms with Gasteiger partial charge in [-0.15, -0.1) is 0 Å². The highest BCUT2D eigenvalue weighted by Gasteiger charge is 2.30. The van der Waals surface area contributed by atoms with Crippen LogP contribution in [0.2, 0.25) is 0 Å². The van der Waals surface area contributed by atoms with Crippen LogP contribution in [0.15, 0.2) is 97.2 Å². The Morgan fingerprint density at radius 3 is 2.26 bits per heavy atom. The summed E-state index contributed by atoms with van der Waals surface area (Å²) in [6, 6.07) is 25.1. The van der Waals surface area contributed by atoms with Gasteiger partial charge in [0, 0.05) is 17.8 Å². The Morgan fingerprint density at radius 1 is 0.886 bits per heavy atom. The second kappa shape index (κ2) is 10.4. The van der Waals surface area contributed by atoms with Crippen molar-refractivity contribution in [3.63, 3.8) is 0 Å². The van der Waals surface area contributed by atoms with E-state index in [1.165, 1.54) is 12.1 Å². The van der Waals surface area contributed by atoms with Crippen LogP contribution in [0, 0.1) is 0 Å². The maximum absolute atomic E-state index is 12.8. The van der Waals surface area contributed by atoms with Crippen molar-refractivity contribution >= 4 is 5.97 Å². The molecule has 0 fully saturated rings. The van der Waals surface area contributed by atoms with Gasteiger partial charge in [-0.25, -0.2) is 0 Å². The summed E-state index contributed by atoms with van der Waals surface area (Å²) in [6.07, 6.45) is -2.80. The van der Waals surface area contributed by atoms with Crippen molar-refractivity contribution in [3.05, 3.63) is 120 Å². The molecule has 1 heterocycles. The molecule has 4 rings (SSSR count). The summed E-state index contributed by atoms with van der Waals surface area (Å²) in [4.78, 5) is 15.7. The van der Waals surface area contributed by atoms with Crippen molar-refractivity contribution in [2.75, 3.05) is 0 Å². The lowest BCUT2D eigenvalue weighted by molar-refractivity contribution is -0.138. The third kappa shape index (κ3) is 6.26. The van der Waals surface area contributed by atoms with Crippen LogP contribution in [0.5, 0.6) is 5.75 Å². The molecule has 1 unspecified atom stereocenters. The Hall–Kier alpha value is -4.13. The highest BCUT2D eigenvalue weighted by atomic mass is 19.4. The van der Waals surface area contributed by atoms with E-state index < -0.39 is 17.7 Å². The van der Waals surface area contributed by atoms with Crippen LogP contribution >= 0.6 is 0 Å². The molecular weight excluding hydrogens is 455 g/mol. The molecule has 1 aromatic heterocycles. The van der Waals surface area contributed by atoms with E-state index >= 15 is 0 Å². The molecule has 3 aromatic carbocycles. The van der Waals surface area contributed by atoms with E-state index in [4.69, 9.17) is 4.74 Å². The average Bonchev–Trinajstić information content (AvgIpc) is 2.87. The van der Waals surface area contributed by atoms with Crippen molar-refractivity contribution in [2.24, 2.45) is 0 Å². The van der Waals surface area contributed by atoms with Crippen molar-refractivity contribution in [1.82, 2.24) is 4.98 Å². The Bertz CT molecular complexity index is 1270. The SMILES string of the molecule is O=C(O)CC(c1ccc(OCc2cccc(-c3ccc(C(F)(F)F)cc3)c2)cc1)c1ccccn1. The number of hydrogen-bond acceptors (Lipinski definition) is 3. The first kappa shape index (κ1) is 24.0. The van der Waals surface area contributed by atoms with Crippen LogP contribution in [0.3, 0.4) is 0 Å². The van der Waals surface area contributed by atoms with Gasteiger partial charge in [0.2, 0.25) is 0 Å². The molecule has 35 heavy (non-hydrogen) atoms. The summed E-state index contributed by atoms with van der Waals surface area (Å²) < 4.78 is 44.3. The minimum Gasteiger partial charge on any atom is -0.489 e. The lowest BCUT2D eigenvalue weighted by atomic mass is 9.92. The molecule has 0 saturated carbocycles. The summed E-state index contributed by atoms with van der Waals surface area (Å²) in [7, 11) is 0. The molecular formula is C28H22F3NO3. The first-order chi connectivity index (χ1) is 16.8. The monoisotopic (exact) mass is 477 g/mol. The quantitative estimate of drug-likeness (QED) is 0.298. The summed E-state index contributed by atoms with van der Waals surface area (Å²) in [6.45, 7) is 0.270. The molecule has 0 amide bonds. The highest BCUT2D eigenvalue weighted by molar-refractivity contribution is 5.69. The Kier molecular flexibility index (Phi) is 7.15.